The van der Waals surface area contributed by atoms with Crippen LogP contribution in [0.5, 0.6) is 0 Å². The molecule has 2 nitrogen and oxygen atoms in total. The smallest absolute Gasteiger partial charge is 0.123 e. The van der Waals surface area contributed by atoms with Crippen LogP contribution in [0, 0.1) is 11.7 Å². The summed E-state index contributed by atoms with van der Waals surface area (Å²) in [6, 6.07) is 4.55. The molecule has 1 fully saturated rings. The van der Waals surface area contributed by atoms with E-state index < -0.39 is 6.10 Å². The summed E-state index contributed by atoms with van der Waals surface area (Å²) in [6.45, 7) is 1.53. The highest BCUT2D eigenvalue weighted by Gasteiger charge is 2.20. The molecule has 0 bridgehead atoms. The van der Waals surface area contributed by atoms with Gasteiger partial charge in [0.15, 0.2) is 0 Å². The van der Waals surface area contributed by atoms with Crippen molar-refractivity contribution in [2.24, 2.45) is 5.92 Å². The molecule has 0 aliphatic carbocycles. The number of hydrogen-bond donors (Lipinski definition) is 1. The van der Waals surface area contributed by atoms with E-state index in [1.54, 1.807) is 6.07 Å². The van der Waals surface area contributed by atoms with Gasteiger partial charge in [-0.25, -0.2) is 4.39 Å². The second-order valence-electron chi connectivity index (χ2n) is 4.56. The summed E-state index contributed by atoms with van der Waals surface area (Å²) in [5.74, 6) is 0.178. The molecule has 94 valence electrons. The van der Waals surface area contributed by atoms with Crippen molar-refractivity contribution in [1.82, 2.24) is 0 Å². The van der Waals surface area contributed by atoms with Crippen molar-refractivity contribution in [1.29, 1.82) is 0 Å². The largest absolute Gasteiger partial charge is 0.393 e. The molecule has 1 heterocycles. The molecular formula is C13H16BrFO2. The standard InChI is InChI=1S/C13H16BrFO2/c14-13-2-1-11(15)6-10(13)7-12(16)5-9-3-4-17-8-9/h1-2,6,9,12,16H,3-5,7-8H2. The van der Waals surface area contributed by atoms with E-state index in [-0.39, 0.29) is 5.82 Å². The maximum Gasteiger partial charge on any atom is 0.123 e. The van der Waals surface area contributed by atoms with E-state index in [9.17, 15) is 9.50 Å². The van der Waals surface area contributed by atoms with Gasteiger partial charge in [0, 0.05) is 17.7 Å². The summed E-state index contributed by atoms with van der Waals surface area (Å²) in [7, 11) is 0. The summed E-state index contributed by atoms with van der Waals surface area (Å²) in [5, 5.41) is 9.98. The number of aliphatic hydroxyl groups is 1. The quantitative estimate of drug-likeness (QED) is 0.927. The lowest BCUT2D eigenvalue weighted by atomic mass is 9.96. The Balaban J connectivity index is 1.92. The van der Waals surface area contributed by atoms with Crippen molar-refractivity contribution in [2.45, 2.75) is 25.4 Å². The summed E-state index contributed by atoms with van der Waals surface area (Å²) in [6.07, 6.45) is 1.79. The highest BCUT2D eigenvalue weighted by molar-refractivity contribution is 9.10. The number of aliphatic hydroxyl groups excluding tert-OH is 1. The number of hydrogen-bond acceptors (Lipinski definition) is 2. The molecule has 4 heteroatoms. The van der Waals surface area contributed by atoms with Gasteiger partial charge in [0.2, 0.25) is 0 Å². The minimum absolute atomic E-state index is 0.264. The van der Waals surface area contributed by atoms with Gasteiger partial charge in [-0.15, -0.1) is 0 Å². The molecule has 2 unspecified atom stereocenters. The molecule has 0 aromatic heterocycles. The van der Waals surface area contributed by atoms with Crippen molar-refractivity contribution in [3.8, 4) is 0 Å². The fourth-order valence-corrected chi connectivity index (χ4v) is 2.60. The lowest BCUT2D eigenvalue weighted by Crippen LogP contribution is -2.16. The third kappa shape index (κ3) is 3.76. The average molecular weight is 303 g/mol. The van der Waals surface area contributed by atoms with Crippen molar-refractivity contribution in [3.05, 3.63) is 34.1 Å². The number of ether oxygens (including phenoxy) is 1. The van der Waals surface area contributed by atoms with Crippen LogP contribution in [0.4, 0.5) is 4.39 Å². The van der Waals surface area contributed by atoms with Gasteiger partial charge in [-0.3, -0.25) is 0 Å². The molecule has 0 saturated carbocycles. The lowest BCUT2D eigenvalue weighted by Gasteiger charge is -2.15. The maximum atomic E-state index is 13.1. The van der Waals surface area contributed by atoms with Gasteiger partial charge in [-0.1, -0.05) is 15.9 Å². The first kappa shape index (κ1) is 13.0. The molecule has 17 heavy (non-hydrogen) atoms. The molecular weight excluding hydrogens is 287 g/mol. The Morgan fingerprint density at radius 1 is 1.53 bits per heavy atom. The van der Waals surface area contributed by atoms with Crippen LogP contribution in [0.25, 0.3) is 0 Å². The van der Waals surface area contributed by atoms with E-state index in [0.29, 0.717) is 12.3 Å². The Bertz CT molecular complexity index is 378. The summed E-state index contributed by atoms with van der Waals surface area (Å²) in [4.78, 5) is 0. The first-order chi connectivity index (χ1) is 8.15. The molecule has 1 aliphatic rings. The Morgan fingerprint density at radius 3 is 3.06 bits per heavy atom. The van der Waals surface area contributed by atoms with Crippen LogP contribution in [-0.4, -0.2) is 24.4 Å². The summed E-state index contributed by atoms with van der Waals surface area (Å²) < 4.78 is 19.2. The van der Waals surface area contributed by atoms with Crippen molar-refractivity contribution >= 4 is 15.9 Å². The van der Waals surface area contributed by atoms with Crippen LogP contribution >= 0.6 is 15.9 Å². The molecule has 1 aliphatic heterocycles. The van der Waals surface area contributed by atoms with Gasteiger partial charge >= 0.3 is 0 Å². The monoisotopic (exact) mass is 302 g/mol. The Morgan fingerprint density at radius 2 is 2.35 bits per heavy atom. The van der Waals surface area contributed by atoms with E-state index >= 15 is 0 Å². The molecule has 1 N–H and O–H groups in total. The highest BCUT2D eigenvalue weighted by Crippen LogP contribution is 2.23. The summed E-state index contributed by atoms with van der Waals surface area (Å²) in [5.41, 5.74) is 0.816. The number of benzene rings is 1. The maximum absolute atomic E-state index is 13.1. The Hall–Kier alpha value is -0.450. The second-order valence-corrected chi connectivity index (χ2v) is 5.41. The first-order valence-corrected chi connectivity index (χ1v) is 6.64. The zero-order valence-electron chi connectivity index (χ0n) is 9.53. The van der Waals surface area contributed by atoms with Gasteiger partial charge < -0.3 is 9.84 Å². The van der Waals surface area contributed by atoms with Crippen LogP contribution in [0.1, 0.15) is 18.4 Å². The lowest BCUT2D eigenvalue weighted by molar-refractivity contribution is 0.128. The molecule has 0 amide bonds. The molecule has 2 rings (SSSR count). The average Bonchev–Trinajstić information content (AvgIpc) is 2.76. The number of halogens is 2. The minimum Gasteiger partial charge on any atom is -0.393 e. The molecule has 2 atom stereocenters. The van der Waals surface area contributed by atoms with E-state index in [4.69, 9.17) is 4.74 Å². The fourth-order valence-electron chi connectivity index (χ4n) is 2.19. The van der Waals surface area contributed by atoms with Crippen molar-refractivity contribution < 1.29 is 14.2 Å². The fraction of sp³-hybridized carbons (Fsp3) is 0.538. The molecule has 1 aromatic rings. The first-order valence-electron chi connectivity index (χ1n) is 5.85. The van der Waals surface area contributed by atoms with Crippen molar-refractivity contribution in [3.63, 3.8) is 0 Å². The van der Waals surface area contributed by atoms with Crippen LogP contribution in [0.2, 0.25) is 0 Å². The molecule has 1 saturated heterocycles. The third-order valence-corrected chi connectivity index (χ3v) is 3.87. The van der Waals surface area contributed by atoms with Crippen molar-refractivity contribution in [2.75, 3.05) is 13.2 Å². The van der Waals surface area contributed by atoms with E-state index in [2.05, 4.69) is 15.9 Å². The molecule has 0 radical (unpaired) electrons. The minimum atomic E-state index is -0.431. The highest BCUT2D eigenvalue weighted by atomic mass is 79.9. The normalized spacial score (nSPS) is 21.7. The summed E-state index contributed by atoms with van der Waals surface area (Å²) >= 11 is 3.37. The third-order valence-electron chi connectivity index (χ3n) is 3.09. The van der Waals surface area contributed by atoms with E-state index in [1.165, 1.54) is 12.1 Å². The van der Waals surface area contributed by atoms with E-state index in [1.807, 2.05) is 0 Å². The van der Waals surface area contributed by atoms with Gasteiger partial charge in [-0.2, -0.15) is 0 Å². The zero-order valence-corrected chi connectivity index (χ0v) is 11.1. The SMILES string of the molecule is OC(Cc1cc(F)ccc1Br)CC1CCOC1. The molecule has 0 spiro atoms. The van der Waals surface area contributed by atoms with Crippen LogP contribution in [0.15, 0.2) is 22.7 Å². The van der Waals surface area contributed by atoms with Crippen LogP contribution < -0.4 is 0 Å². The second kappa shape index (κ2) is 5.94. The van der Waals surface area contributed by atoms with E-state index in [0.717, 1.165) is 36.1 Å². The van der Waals surface area contributed by atoms with Gasteiger partial charge in [0.1, 0.15) is 5.82 Å². The Kier molecular flexibility index (Phi) is 4.54. The topological polar surface area (TPSA) is 29.5 Å². The van der Waals surface area contributed by atoms with Crippen LogP contribution in [0.3, 0.4) is 0 Å². The van der Waals surface area contributed by atoms with Crippen LogP contribution in [-0.2, 0) is 11.2 Å². The number of rotatable bonds is 4. The molecule has 1 aromatic carbocycles. The zero-order chi connectivity index (χ0) is 12.3. The van der Waals surface area contributed by atoms with Gasteiger partial charge in [0.25, 0.3) is 0 Å². The Labute approximate surface area is 109 Å². The predicted octanol–water partition coefficient (Wildman–Crippen LogP) is 2.92. The van der Waals surface area contributed by atoms with Gasteiger partial charge in [0.05, 0.1) is 6.10 Å². The van der Waals surface area contributed by atoms with Gasteiger partial charge in [-0.05, 0) is 48.9 Å². The predicted molar refractivity (Wildman–Crippen MR) is 67.4 cm³/mol.